The van der Waals surface area contributed by atoms with Crippen LogP contribution in [0.5, 0.6) is 0 Å². The minimum Gasteiger partial charge on any atom is -0.466 e. The SMILES string of the molecule is CCOC(=O)CCCc1c(C2CCCCC2)c(=O)c1=O. The summed E-state index contributed by atoms with van der Waals surface area (Å²) in [6.45, 7) is 2.15. The summed E-state index contributed by atoms with van der Waals surface area (Å²) in [5, 5.41) is 0. The van der Waals surface area contributed by atoms with Gasteiger partial charge in [0.1, 0.15) is 0 Å². The second-order valence-corrected chi connectivity index (χ2v) is 5.54. The van der Waals surface area contributed by atoms with Crippen molar-refractivity contribution in [1.82, 2.24) is 0 Å². The molecule has 0 saturated heterocycles. The summed E-state index contributed by atoms with van der Waals surface area (Å²) in [4.78, 5) is 34.7. The zero-order valence-corrected chi connectivity index (χ0v) is 12.1. The van der Waals surface area contributed by atoms with Gasteiger partial charge in [-0.2, -0.15) is 0 Å². The first-order chi connectivity index (χ1) is 9.65. The summed E-state index contributed by atoms with van der Waals surface area (Å²) in [5.74, 6) is 0.0527. The van der Waals surface area contributed by atoms with Crippen molar-refractivity contribution >= 4 is 5.97 Å². The molecule has 0 N–H and O–H groups in total. The molecule has 0 aromatic heterocycles. The van der Waals surface area contributed by atoms with Crippen LogP contribution in [0.2, 0.25) is 0 Å². The van der Waals surface area contributed by atoms with Gasteiger partial charge in [0.2, 0.25) is 10.9 Å². The maximum atomic E-state index is 11.8. The van der Waals surface area contributed by atoms with Gasteiger partial charge in [0.15, 0.2) is 0 Å². The van der Waals surface area contributed by atoms with E-state index in [-0.39, 0.29) is 22.7 Å². The monoisotopic (exact) mass is 278 g/mol. The maximum Gasteiger partial charge on any atom is 0.305 e. The van der Waals surface area contributed by atoms with Crippen LogP contribution in [0.4, 0.5) is 0 Å². The van der Waals surface area contributed by atoms with E-state index in [0.29, 0.717) is 31.4 Å². The standard InChI is InChI=1S/C16H22O4/c1-2-20-13(17)10-6-9-12-14(16(19)15(12)18)11-7-4-3-5-8-11/h11H,2-10H2,1H3. The van der Waals surface area contributed by atoms with E-state index in [2.05, 4.69) is 0 Å². The topological polar surface area (TPSA) is 60.4 Å². The van der Waals surface area contributed by atoms with Crippen molar-refractivity contribution in [2.45, 2.75) is 64.2 Å². The fourth-order valence-corrected chi connectivity index (χ4v) is 3.17. The van der Waals surface area contributed by atoms with Crippen molar-refractivity contribution in [3.63, 3.8) is 0 Å². The Morgan fingerprint density at radius 3 is 2.50 bits per heavy atom. The third-order valence-corrected chi connectivity index (χ3v) is 4.18. The number of carbonyl (C=O) groups excluding carboxylic acids is 1. The average molecular weight is 278 g/mol. The third kappa shape index (κ3) is 3.17. The lowest BCUT2D eigenvalue weighted by Crippen LogP contribution is -2.41. The van der Waals surface area contributed by atoms with Gasteiger partial charge in [0.05, 0.1) is 6.61 Å². The largest absolute Gasteiger partial charge is 0.466 e. The molecule has 1 aliphatic rings. The normalized spacial score (nSPS) is 16.4. The fourth-order valence-electron chi connectivity index (χ4n) is 3.17. The highest BCUT2D eigenvalue weighted by atomic mass is 16.5. The maximum absolute atomic E-state index is 11.8. The van der Waals surface area contributed by atoms with Crippen LogP contribution in [-0.4, -0.2) is 12.6 Å². The Morgan fingerprint density at radius 2 is 1.85 bits per heavy atom. The van der Waals surface area contributed by atoms with Crippen LogP contribution in [0.3, 0.4) is 0 Å². The summed E-state index contributed by atoms with van der Waals surface area (Å²) in [7, 11) is 0. The average Bonchev–Trinajstić information content (AvgIpc) is 2.47. The van der Waals surface area contributed by atoms with Crippen molar-refractivity contribution in [2.75, 3.05) is 6.61 Å². The number of ether oxygens (including phenoxy) is 1. The highest BCUT2D eigenvalue weighted by molar-refractivity contribution is 5.69. The van der Waals surface area contributed by atoms with Crippen molar-refractivity contribution in [2.24, 2.45) is 0 Å². The summed E-state index contributed by atoms with van der Waals surface area (Å²) in [6.07, 6.45) is 7.00. The van der Waals surface area contributed by atoms with E-state index in [1.54, 1.807) is 6.92 Å². The molecule has 0 amide bonds. The van der Waals surface area contributed by atoms with Crippen molar-refractivity contribution in [3.05, 3.63) is 31.6 Å². The smallest absolute Gasteiger partial charge is 0.305 e. The van der Waals surface area contributed by atoms with Crippen LogP contribution in [0.25, 0.3) is 0 Å². The Hall–Kier alpha value is -1.45. The molecule has 1 aromatic rings. The van der Waals surface area contributed by atoms with E-state index in [1.165, 1.54) is 6.42 Å². The summed E-state index contributed by atoms with van der Waals surface area (Å²) >= 11 is 0. The number of rotatable bonds is 6. The van der Waals surface area contributed by atoms with Crippen LogP contribution < -0.4 is 10.9 Å². The highest BCUT2D eigenvalue weighted by Crippen LogP contribution is 2.32. The van der Waals surface area contributed by atoms with Gasteiger partial charge < -0.3 is 4.74 Å². The fraction of sp³-hybridized carbons (Fsp3) is 0.688. The minimum absolute atomic E-state index is 0.231. The Bertz CT molecular complexity index is 531. The molecule has 20 heavy (non-hydrogen) atoms. The second kappa shape index (κ2) is 6.82. The molecule has 2 rings (SSSR count). The first-order valence-corrected chi connectivity index (χ1v) is 7.62. The number of hydrogen-bond acceptors (Lipinski definition) is 4. The Kier molecular flexibility index (Phi) is 5.10. The van der Waals surface area contributed by atoms with E-state index in [0.717, 1.165) is 31.2 Å². The molecular weight excluding hydrogens is 256 g/mol. The number of hydrogen-bond donors (Lipinski definition) is 0. The molecule has 110 valence electrons. The zero-order chi connectivity index (χ0) is 14.5. The van der Waals surface area contributed by atoms with Gasteiger partial charge in [0, 0.05) is 17.5 Å². The molecule has 1 aliphatic carbocycles. The van der Waals surface area contributed by atoms with Crippen LogP contribution in [0.15, 0.2) is 9.59 Å². The summed E-state index contributed by atoms with van der Waals surface area (Å²) in [6, 6.07) is 0. The lowest BCUT2D eigenvalue weighted by atomic mass is 9.78. The van der Waals surface area contributed by atoms with Crippen molar-refractivity contribution in [3.8, 4) is 0 Å². The van der Waals surface area contributed by atoms with E-state index in [1.807, 2.05) is 0 Å². The van der Waals surface area contributed by atoms with E-state index < -0.39 is 0 Å². The van der Waals surface area contributed by atoms with Crippen LogP contribution >= 0.6 is 0 Å². The summed E-state index contributed by atoms with van der Waals surface area (Å²) in [5.41, 5.74) is 0.863. The van der Waals surface area contributed by atoms with E-state index >= 15 is 0 Å². The Morgan fingerprint density at radius 1 is 1.15 bits per heavy atom. The van der Waals surface area contributed by atoms with Gasteiger partial charge in [-0.3, -0.25) is 14.4 Å². The molecule has 1 saturated carbocycles. The lowest BCUT2D eigenvalue weighted by Gasteiger charge is -2.24. The van der Waals surface area contributed by atoms with Crippen LogP contribution in [-0.2, 0) is 16.0 Å². The molecule has 1 aromatic carbocycles. The molecule has 0 radical (unpaired) electrons. The van der Waals surface area contributed by atoms with Crippen LogP contribution in [0, 0.1) is 0 Å². The van der Waals surface area contributed by atoms with Gasteiger partial charge in [0.25, 0.3) is 0 Å². The van der Waals surface area contributed by atoms with Crippen molar-refractivity contribution < 1.29 is 9.53 Å². The van der Waals surface area contributed by atoms with Crippen LogP contribution in [0.1, 0.15) is 68.9 Å². The predicted molar refractivity (Wildman–Crippen MR) is 76.8 cm³/mol. The number of carbonyl (C=O) groups is 1. The Balaban J connectivity index is 1.95. The van der Waals surface area contributed by atoms with Gasteiger partial charge in [-0.1, -0.05) is 19.3 Å². The quantitative estimate of drug-likeness (QED) is 0.591. The highest BCUT2D eigenvalue weighted by Gasteiger charge is 2.28. The zero-order valence-electron chi connectivity index (χ0n) is 12.1. The van der Waals surface area contributed by atoms with Crippen molar-refractivity contribution in [1.29, 1.82) is 0 Å². The molecule has 0 unspecified atom stereocenters. The Labute approximate surface area is 118 Å². The van der Waals surface area contributed by atoms with Gasteiger partial charge in [-0.05, 0) is 38.5 Å². The molecule has 0 atom stereocenters. The second-order valence-electron chi connectivity index (χ2n) is 5.54. The van der Waals surface area contributed by atoms with Gasteiger partial charge in [-0.25, -0.2) is 0 Å². The summed E-state index contributed by atoms with van der Waals surface area (Å²) < 4.78 is 4.86. The predicted octanol–water partition coefficient (Wildman–Crippen LogP) is 2.22. The first kappa shape index (κ1) is 14.9. The molecule has 1 fully saturated rings. The van der Waals surface area contributed by atoms with E-state index in [4.69, 9.17) is 4.74 Å². The molecule has 0 aliphatic heterocycles. The molecule has 0 heterocycles. The van der Waals surface area contributed by atoms with Gasteiger partial charge in [-0.15, -0.1) is 0 Å². The molecule has 0 spiro atoms. The number of esters is 1. The molecule has 4 nitrogen and oxygen atoms in total. The third-order valence-electron chi connectivity index (χ3n) is 4.18. The van der Waals surface area contributed by atoms with Gasteiger partial charge >= 0.3 is 5.97 Å². The molecule has 0 bridgehead atoms. The molecule has 4 heteroatoms. The van der Waals surface area contributed by atoms with E-state index in [9.17, 15) is 14.4 Å². The lowest BCUT2D eigenvalue weighted by molar-refractivity contribution is -0.143. The minimum atomic E-state index is -0.325. The molecular formula is C16H22O4. The first-order valence-electron chi connectivity index (χ1n) is 7.62.